The standard InChI is InChI=1S/C26H25N9O4/c1-35(2)22-9-15(3-8-23(22)39-14-36)12-27-25(37)20-11-21(29-13-28-20)26(38)30-19-7-5-16-10-17(4-6-18(16)19)24-31-33-34-32-24/h3-4,6,8-11,13-14,19H,5,7,12H2,1-2H3,(H,27,37)(H,30,38)(H,31,32,33,34)/t19-/m0/s1. The predicted octanol–water partition coefficient (Wildman–Crippen LogP) is 1.61. The molecule has 198 valence electrons. The highest BCUT2D eigenvalue weighted by atomic mass is 16.5. The molecule has 5 rings (SSSR count). The fraction of sp³-hybridized carbons (Fsp3) is 0.231. The molecule has 0 radical (unpaired) electrons. The van der Waals surface area contributed by atoms with Crippen LogP contribution in [0.2, 0.25) is 0 Å². The van der Waals surface area contributed by atoms with E-state index in [0.29, 0.717) is 23.7 Å². The highest BCUT2D eigenvalue weighted by Crippen LogP contribution is 2.33. The molecule has 0 aliphatic heterocycles. The first kappa shape index (κ1) is 25.4. The molecule has 2 aromatic carbocycles. The summed E-state index contributed by atoms with van der Waals surface area (Å²) in [6, 6.07) is 12.2. The van der Waals surface area contributed by atoms with Gasteiger partial charge in [-0.3, -0.25) is 14.4 Å². The van der Waals surface area contributed by atoms with Gasteiger partial charge in [-0.1, -0.05) is 18.2 Å². The molecule has 0 saturated heterocycles. The monoisotopic (exact) mass is 527 g/mol. The van der Waals surface area contributed by atoms with Crippen molar-refractivity contribution in [3.8, 4) is 17.1 Å². The van der Waals surface area contributed by atoms with Gasteiger partial charge >= 0.3 is 0 Å². The Kier molecular flexibility index (Phi) is 7.21. The minimum absolute atomic E-state index is 0.0699. The van der Waals surface area contributed by atoms with Crippen LogP contribution < -0.4 is 20.3 Å². The summed E-state index contributed by atoms with van der Waals surface area (Å²) >= 11 is 0. The number of amides is 2. The molecule has 2 aromatic heterocycles. The third kappa shape index (κ3) is 5.56. The molecule has 13 heteroatoms. The van der Waals surface area contributed by atoms with Gasteiger partial charge in [-0.2, -0.15) is 5.21 Å². The van der Waals surface area contributed by atoms with E-state index in [9.17, 15) is 14.4 Å². The van der Waals surface area contributed by atoms with Gasteiger partial charge in [0.1, 0.15) is 17.7 Å². The maximum Gasteiger partial charge on any atom is 0.298 e. The first-order valence-electron chi connectivity index (χ1n) is 12.1. The van der Waals surface area contributed by atoms with Crippen LogP contribution in [-0.4, -0.2) is 63.0 Å². The number of hydrogen-bond donors (Lipinski definition) is 3. The Morgan fingerprint density at radius 2 is 1.92 bits per heavy atom. The molecule has 13 nitrogen and oxygen atoms in total. The van der Waals surface area contributed by atoms with E-state index in [1.807, 2.05) is 38.4 Å². The lowest BCUT2D eigenvalue weighted by Crippen LogP contribution is -2.29. The molecule has 1 atom stereocenters. The molecule has 1 aliphatic rings. The molecule has 0 spiro atoms. The largest absolute Gasteiger partial charge is 0.427 e. The van der Waals surface area contributed by atoms with Crippen molar-refractivity contribution in [2.75, 3.05) is 19.0 Å². The molecule has 0 bridgehead atoms. The molecule has 2 amide bonds. The highest BCUT2D eigenvalue weighted by molar-refractivity contribution is 5.97. The molecule has 0 unspecified atom stereocenters. The second-order valence-corrected chi connectivity index (χ2v) is 9.10. The molecule has 0 saturated carbocycles. The van der Waals surface area contributed by atoms with Gasteiger partial charge < -0.3 is 20.3 Å². The lowest BCUT2D eigenvalue weighted by Gasteiger charge is -2.17. The van der Waals surface area contributed by atoms with Crippen LogP contribution in [0.25, 0.3) is 11.4 Å². The summed E-state index contributed by atoms with van der Waals surface area (Å²) in [5.41, 5.74) is 4.62. The van der Waals surface area contributed by atoms with E-state index in [0.717, 1.165) is 35.1 Å². The summed E-state index contributed by atoms with van der Waals surface area (Å²) in [6.45, 7) is 0.573. The van der Waals surface area contributed by atoms with Gasteiger partial charge in [0.05, 0.1) is 11.7 Å². The van der Waals surface area contributed by atoms with Gasteiger partial charge in [-0.15, -0.1) is 10.2 Å². The van der Waals surface area contributed by atoms with Gasteiger partial charge in [0.2, 0.25) is 5.82 Å². The van der Waals surface area contributed by atoms with Crippen molar-refractivity contribution in [2.24, 2.45) is 0 Å². The quantitative estimate of drug-likeness (QED) is 0.272. The number of ether oxygens (including phenoxy) is 1. The number of tetrazole rings is 1. The Hall–Kier alpha value is -5.20. The van der Waals surface area contributed by atoms with E-state index in [2.05, 4.69) is 41.2 Å². The third-order valence-corrected chi connectivity index (χ3v) is 6.40. The summed E-state index contributed by atoms with van der Waals surface area (Å²) in [5, 5.41) is 19.9. The Balaban J connectivity index is 1.23. The van der Waals surface area contributed by atoms with E-state index in [1.165, 1.54) is 12.4 Å². The van der Waals surface area contributed by atoms with Gasteiger partial charge in [0, 0.05) is 32.3 Å². The maximum absolute atomic E-state index is 13.0. The zero-order valence-electron chi connectivity index (χ0n) is 21.2. The number of nitrogens with one attached hydrogen (secondary N) is 3. The molecule has 2 heterocycles. The zero-order valence-corrected chi connectivity index (χ0v) is 21.2. The zero-order chi connectivity index (χ0) is 27.4. The first-order valence-corrected chi connectivity index (χ1v) is 12.1. The Morgan fingerprint density at radius 1 is 1.10 bits per heavy atom. The van der Waals surface area contributed by atoms with Crippen LogP contribution in [0.3, 0.4) is 0 Å². The maximum atomic E-state index is 13.0. The number of carbonyl (C=O) groups is 3. The van der Waals surface area contributed by atoms with E-state index in [4.69, 9.17) is 4.74 Å². The number of aryl methyl sites for hydroxylation is 1. The molecule has 0 fully saturated rings. The van der Waals surface area contributed by atoms with E-state index >= 15 is 0 Å². The molecular weight excluding hydrogens is 502 g/mol. The number of aromatic amines is 1. The molecule has 39 heavy (non-hydrogen) atoms. The van der Waals surface area contributed by atoms with Crippen LogP contribution in [0.1, 0.15) is 50.1 Å². The fourth-order valence-electron chi connectivity index (χ4n) is 4.48. The summed E-state index contributed by atoms with van der Waals surface area (Å²) < 4.78 is 5.00. The number of rotatable bonds is 9. The highest BCUT2D eigenvalue weighted by Gasteiger charge is 2.26. The lowest BCUT2D eigenvalue weighted by atomic mass is 10.0. The smallest absolute Gasteiger partial charge is 0.298 e. The van der Waals surface area contributed by atoms with Gasteiger partial charge in [0.25, 0.3) is 18.3 Å². The number of hydrogen-bond acceptors (Lipinski definition) is 10. The molecule has 1 aliphatic carbocycles. The Morgan fingerprint density at radius 3 is 2.67 bits per heavy atom. The first-order chi connectivity index (χ1) is 18.9. The number of aromatic nitrogens is 6. The molecular formula is C26H25N9O4. The number of carbonyl (C=O) groups excluding carboxylic acids is 3. The second kappa shape index (κ2) is 11.0. The van der Waals surface area contributed by atoms with Crippen molar-refractivity contribution in [1.29, 1.82) is 0 Å². The Labute approximate surface area is 223 Å². The van der Waals surface area contributed by atoms with E-state index < -0.39 is 11.8 Å². The van der Waals surface area contributed by atoms with Crippen LogP contribution in [0.4, 0.5) is 5.69 Å². The minimum atomic E-state index is -0.453. The van der Waals surface area contributed by atoms with E-state index in [1.54, 1.807) is 17.0 Å². The van der Waals surface area contributed by atoms with Crippen LogP contribution in [-0.2, 0) is 17.8 Å². The SMILES string of the molecule is CN(C)c1cc(CNC(=O)c2cc(C(=O)N[C@H]3CCc4cc(-c5nn[nH]n5)ccc43)ncn2)ccc1OC=O. The van der Waals surface area contributed by atoms with Gasteiger partial charge in [-0.05, 0) is 52.9 Å². The van der Waals surface area contributed by atoms with Crippen molar-refractivity contribution in [1.82, 2.24) is 41.2 Å². The average molecular weight is 528 g/mol. The molecule has 4 aromatic rings. The van der Waals surface area contributed by atoms with Crippen molar-refractivity contribution >= 4 is 24.0 Å². The summed E-state index contributed by atoms with van der Waals surface area (Å²) in [6.07, 6.45) is 2.72. The summed E-state index contributed by atoms with van der Waals surface area (Å²) in [7, 11) is 3.64. The van der Waals surface area contributed by atoms with Crippen molar-refractivity contribution < 1.29 is 19.1 Å². The average Bonchev–Trinajstić information content (AvgIpc) is 3.63. The fourth-order valence-corrected chi connectivity index (χ4v) is 4.48. The number of benzene rings is 2. The van der Waals surface area contributed by atoms with Crippen LogP contribution in [0.15, 0.2) is 48.8 Å². The Bertz CT molecular complexity index is 1520. The topological polar surface area (TPSA) is 168 Å². The normalized spacial score (nSPS) is 13.8. The number of H-pyrrole nitrogens is 1. The van der Waals surface area contributed by atoms with E-state index in [-0.39, 0.29) is 24.0 Å². The summed E-state index contributed by atoms with van der Waals surface area (Å²) in [5.74, 6) is 0.0761. The minimum Gasteiger partial charge on any atom is -0.427 e. The summed E-state index contributed by atoms with van der Waals surface area (Å²) in [4.78, 5) is 46.4. The predicted molar refractivity (Wildman–Crippen MR) is 139 cm³/mol. The van der Waals surface area contributed by atoms with Gasteiger partial charge in [0.15, 0.2) is 5.75 Å². The number of anilines is 1. The van der Waals surface area contributed by atoms with Crippen molar-refractivity contribution in [3.05, 3.63) is 76.9 Å². The lowest BCUT2D eigenvalue weighted by molar-refractivity contribution is -0.120. The van der Waals surface area contributed by atoms with Crippen molar-refractivity contribution in [2.45, 2.75) is 25.4 Å². The van der Waals surface area contributed by atoms with Crippen LogP contribution in [0.5, 0.6) is 5.75 Å². The molecule has 3 N–H and O–H groups in total. The number of nitrogens with zero attached hydrogens (tertiary/aromatic N) is 6. The van der Waals surface area contributed by atoms with Crippen LogP contribution >= 0.6 is 0 Å². The second-order valence-electron chi connectivity index (χ2n) is 9.10. The van der Waals surface area contributed by atoms with Crippen molar-refractivity contribution in [3.63, 3.8) is 0 Å². The van der Waals surface area contributed by atoms with Crippen LogP contribution in [0, 0.1) is 0 Å². The third-order valence-electron chi connectivity index (χ3n) is 6.40. The number of fused-ring (bicyclic) bond motifs is 1. The van der Waals surface area contributed by atoms with Gasteiger partial charge in [-0.25, -0.2) is 9.97 Å².